The van der Waals surface area contributed by atoms with Gasteiger partial charge in [-0.05, 0) is 66.3 Å². The SMILES string of the molecule is Cc1cc(C)cc(NC(=O)COC(=O)c2c(-c3ccc(Cl)cc3)c3ccccc3c(=O)n2C)c1. The molecule has 1 aromatic heterocycles. The van der Waals surface area contributed by atoms with Crippen molar-refractivity contribution in [1.82, 2.24) is 4.57 Å². The summed E-state index contributed by atoms with van der Waals surface area (Å²) >= 11 is 6.06. The Hall–Kier alpha value is -3.90. The van der Waals surface area contributed by atoms with Crippen LogP contribution in [0.15, 0.2) is 71.5 Å². The number of amides is 1. The molecule has 0 atom stereocenters. The van der Waals surface area contributed by atoms with Crippen LogP contribution in [-0.2, 0) is 16.6 Å². The van der Waals surface area contributed by atoms with Crippen molar-refractivity contribution >= 4 is 39.9 Å². The number of rotatable bonds is 5. The van der Waals surface area contributed by atoms with Crippen LogP contribution in [-0.4, -0.2) is 23.1 Å². The molecular formula is C27H23ClN2O4. The number of hydrogen-bond donors (Lipinski definition) is 1. The van der Waals surface area contributed by atoms with Crippen LogP contribution >= 0.6 is 11.6 Å². The summed E-state index contributed by atoms with van der Waals surface area (Å²) in [6, 6.07) is 19.7. The molecule has 0 aliphatic carbocycles. The van der Waals surface area contributed by atoms with Gasteiger partial charge in [-0.1, -0.05) is 48.0 Å². The lowest BCUT2D eigenvalue weighted by molar-refractivity contribution is -0.119. The number of hydrogen-bond acceptors (Lipinski definition) is 4. The van der Waals surface area contributed by atoms with Crippen LogP contribution in [0.3, 0.4) is 0 Å². The molecule has 0 aliphatic rings. The Morgan fingerprint density at radius 3 is 2.21 bits per heavy atom. The van der Waals surface area contributed by atoms with Crippen LogP contribution in [0.2, 0.25) is 5.02 Å². The lowest BCUT2D eigenvalue weighted by atomic mass is 9.97. The largest absolute Gasteiger partial charge is 0.451 e. The van der Waals surface area contributed by atoms with Crippen LogP contribution in [0.4, 0.5) is 5.69 Å². The Labute approximate surface area is 201 Å². The van der Waals surface area contributed by atoms with Gasteiger partial charge in [-0.25, -0.2) is 4.79 Å². The quantitative estimate of drug-likeness (QED) is 0.400. The van der Waals surface area contributed by atoms with Crippen molar-refractivity contribution in [2.75, 3.05) is 11.9 Å². The van der Waals surface area contributed by atoms with Crippen molar-refractivity contribution in [2.45, 2.75) is 13.8 Å². The molecule has 0 radical (unpaired) electrons. The first kappa shape index (κ1) is 23.3. The smallest absolute Gasteiger partial charge is 0.356 e. The number of aryl methyl sites for hydroxylation is 2. The highest BCUT2D eigenvalue weighted by molar-refractivity contribution is 6.30. The summed E-state index contributed by atoms with van der Waals surface area (Å²) in [5.74, 6) is -1.25. The summed E-state index contributed by atoms with van der Waals surface area (Å²) in [5.41, 5.74) is 3.60. The molecule has 1 amide bonds. The van der Waals surface area contributed by atoms with Crippen molar-refractivity contribution in [3.63, 3.8) is 0 Å². The topological polar surface area (TPSA) is 77.4 Å². The van der Waals surface area contributed by atoms with E-state index in [9.17, 15) is 14.4 Å². The van der Waals surface area contributed by atoms with E-state index in [-0.39, 0.29) is 11.3 Å². The number of halogens is 1. The second kappa shape index (κ2) is 9.53. The van der Waals surface area contributed by atoms with E-state index in [1.54, 1.807) is 48.5 Å². The number of fused-ring (bicyclic) bond motifs is 1. The summed E-state index contributed by atoms with van der Waals surface area (Å²) in [6.45, 7) is 3.37. The summed E-state index contributed by atoms with van der Waals surface area (Å²) < 4.78 is 6.62. The molecule has 0 saturated carbocycles. The van der Waals surface area contributed by atoms with Crippen LogP contribution in [0.5, 0.6) is 0 Å². The van der Waals surface area contributed by atoms with Gasteiger partial charge in [0.05, 0.1) is 0 Å². The zero-order chi connectivity index (χ0) is 24.4. The number of carbonyl (C=O) groups excluding carboxylic acids is 2. The minimum Gasteiger partial charge on any atom is -0.451 e. The molecule has 4 rings (SSSR count). The van der Waals surface area contributed by atoms with E-state index < -0.39 is 18.5 Å². The molecule has 0 bridgehead atoms. The normalized spacial score (nSPS) is 10.8. The first-order chi connectivity index (χ1) is 16.2. The highest BCUT2D eigenvalue weighted by Gasteiger charge is 2.23. The first-order valence-corrected chi connectivity index (χ1v) is 11.1. The Morgan fingerprint density at radius 1 is 0.941 bits per heavy atom. The average molecular weight is 475 g/mol. The van der Waals surface area contributed by atoms with Gasteiger partial charge in [0.15, 0.2) is 6.61 Å². The lowest BCUT2D eigenvalue weighted by Gasteiger charge is -2.17. The number of carbonyl (C=O) groups is 2. The number of benzene rings is 3. The fourth-order valence-corrected chi connectivity index (χ4v) is 4.18. The van der Waals surface area contributed by atoms with E-state index in [2.05, 4.69) is 5.32 Å². The number of pyridine rings is 1. The highest BCUT2D eigenvalue weighted by Crippen LogP contribution is 2.31. The van der Waals surface area contributed by atoms with Gasteiger partial charge < -0.3 is 14.6 Å². The van der Waals surface area contributed by atoms with Gasteiger partial charge in [-0.3, -0.25) is 9.59 Å². The minimum atomic E-state index is -0.772. The van der Waals surface area contributed by atoms with E-state index in [0.29, 0.717) is 32.6 Å². The average Bonchev–Trinajstić information content (AvgIpc) is 2.80. The fraction of sp³-hybridized carbons (Fsp3) is 0.148. The molecule has 0 unspecified atom stereocenters. The Kier molecular flexibility index (Phi) is 6.52. The van der Waals surface area contributed by atoms with Crippen molar-refractivity contribution in [3.8, 4) is 11.1 Å². The molecular weight excluding hydrogens is 452 g/mol. The molecule has 6 nitrogen and oxygen atoms in total. The number of ether oxygens (including phenoxy) is 1. The van der Waals surface area contributed by atoms with Crippen molar-refractivity contribution < 1.29 is 14.3 Å². The maximum atomic E-state index is 13.2. The van der Waals surface area contributed by atoms with Crippen molar-refractivity contribution in [1.29, 1.82) is 0 Å². The predicted octanol–water partition coefficient (Wildman–Crippen LogP) is 5.27. The Balaban J connectivity index is 1.69. The van der Waals surface area contributed by atoms with Gasteiger partial charge >= 0.3 is 5.97 Å². The maximum absolute atomic E-state index is 13.2. The molecule has 34 heavy (non-hydrogen) atoms. The molecule has 0 aliphatic heterocycles. The number of nitrogens with zero attached hydrogens (tertiary/aromatic N) is 1. The second-order valence-electron chi connectivity index (χ2n) is 8.14. The monoisotopic (exact) mass is 474 g/mol. The molecule has 172 valence electrons. The van der Waals surface area contributed by atoms with E-state index in [0.717, 1.165) is 11.1 Å². The van der Waals surface area contributed by atoms with Crippen LogP contribution in [0.1, 0.15) is 21.6 Å². The Morgan fingerprint density at radius 2 is 1.56 bits per heavy atom. The molecule has 7 heteroatoms. The standard InChI is InChI=1S/C27H23ClN2O4/c1-16-12-17(2)14-20(13-16)29-23(31)15-34-27(33)25-24(18-8-10-19(28)11-9-18)21-6-4-5-7-22(21)26(32)30(25)3/h4-14H,15H2,1-3H3,(H,29,31). The third-order valence-corrected chi connectivity index (χ3v) is 5.72. The van der Waals surface area contributed by atoms with Gasteiger partial charge in [-0.2, -0.15) is 0 Å². The summed E-state index contributed by atoms with van der Waals surface area (Å²) in [7, 11) is 1.51. The molecule has 3 aromatic carbocycles. The molecule has 0 fully saturated rings. The van der Waals surface area contributed by atoms with Crippen LogP contribution in [0, 0.1) is 13.8 Å². The third-order valence-electron chi connectivity index (χ3n) is 5.47. The summed E-state index contributed by atoms with van der Waals surface area (Å²) in [5, 5.41) is 4.37. The van der Waals surface area contributed by atoms with Crippen LogP contribution < -0.4 is 10.9 Å². The molecule has 0 spiro atoms. The summed E-state index contributed by atoms with van der Waals surface area (Å²) in [4.78, 5) is 38.6. The third kappa shape index (κ3) is 4.72. The van der Waals surface area contributed by atoms with E-state index in [1.165, 1.54) is 11.6 Å². The predicted molar refractivity (Wildman–Crippen MR) is 134 cm³/mol. The summed E-state index contributed by atoms with van der Waals surface area (Å²) in [6.07, 6.45) is 0. The molecule has 1 heterocycles. The second-order valence-corrected chi connectivity index (χ2v) is 8.58. The van der Waals surface area contributed by atoms with Crippen molar-refractivity contribution in [2.24, 2.45) is 7.05 Å². The zero-order valence-corrected chi connectivity index (χ0v) is 19.8. The fourth-order valence-electron chi connectivity index (χ4n) is 4.06. The van der Waals surface area contributed by atoms with Crippen molar-refractivity contribution in [3.05, 3.63) is 98.9 Å². The van der Waals surface area contributed by atoms with Gasteiger partial charge in [-0.15, -0.1) is 0 Å². The maximum Gasteiger partial charge on any atom is 0.356 e. The van der Waals surface area contributed by atoms with E-state index in [1.807, 2.05) is 32.0 Å². The lowest BCUT2D eigenvalue weighted by Crippen LogP contribution is -2.28. The van der Waals surface area contributed by atoms with E-state index >= 15 is 0 Å². The molecule has 1 N–H and O–H groups in total. The van der Waals surface area contributed by atoms with E-state index in [4.69, 9.17) is 16.3 Å². The number of esters is 1. The zero-order valence-electron chi connectivity index (χ0n) is 19.0. The van der Waals surface area contributed by atoms with Gasteiger partial charge in [0.1, 0.15) is 5.69 Å². The van der Waals surface area contributed by atoms with Gasteiger partial charge in [0.25, 0.3) is 11.5 Å². The molecule has 4 aromatic rings. The minimum absolute atomic E-state index is 0.0604. The van der Waals surface area contributed by atoms with Gasteiger partial charge in [0.2, 0.25) is 0 Å². The van der Waals surface area contributed by atoms with Gasteiger partial charge in [0, 0.05) is 28.7 Å². The highest BCUT2D eigenvalue weighted by atomic mass is 35.5. The van der Waals surface area contributed by atoms with Crippen LogP contribution in [0.25, 0.3) is 21.9 Å². The Bertz CT molecular complexity index is 1450. The number of anilines is 1. The number of aromatic nitrogens is 1. The first-order valence-electron chi connectivity index (χ1n) is 10.7. The number of nitrogens with one attached hydrogen (secondary N) is 1. The molecule has 0 saturated heterocycles.